The van der Waals surface area contributed by atoms with Crippen LogP contribution in [0.3, 0.4) is 0 Å². The molecule has 0 unspecified atom stereocenters. The van der Waals surface area contributed by atoms with E-state index in [0.717, 1.165) is 33.3 Å². The van der Waals surface area contributed by atoms with Crippen molar-refractivity contribution in [1.29, 1.82) is 5.41 Å². The van der Waals surface area contributed by atoms with Gasteiger partial charge >= 0.3 is 0 Å². The molecule has 0 fully saturated rings. The molecular weight excluding hydrogens is 838 g/mol. The summed E-state index contributed by atoms with van der Waals surface area (Å²) in [7, 11) is 6.97. The number of nitrogen functional groups attached to an aromatic ring is 1. The average molecular weight is 893 g/mol. The van der Waals surface area contributed by atoms with Crippen molar-refractivity contribution in [3.05, 3.63) is 137 Å². The number of aliphatic hydroxyl groups excluding tert-OH is 1. The Balaban J connectivity index is 0.962. The van der Waals surface area contributed by atoms with Gasteiger partial charge in [0.1, 0.15) is 30.5 Å². The van der Waals surface area contributed by atoms with Crippen LogP contribution in [0.25, 0.3) is 22.4 Å². The van der Waals surface area contributed by atoms with E-state index >= 15 is 0 Å². The molecule has 2 radical (unpaired) electrons. The van der Waals surface area contributed by atoms with E-state index in [4.69, 9.17) is 43.6 Å². The smallest absolute Gasteiger partial charge is 0.282 e. The lowest BCUT2D eigenvalue weighted by Crippen LogP contribution is -2.27. The van der Waals surface area contributed by atoms with Crippen LogP contribution in [-0.2, 0) is 33.2 Å². The van der Waals surface area contributed by atoms with Gasteiger partial charge in [0, 0.05) is 53.4 Å². The molecule has 66 heavy (non-hydrogen) atoms. The third-order valence-electron chi connectivity index (χ3n) is 10.7. The minimum absolute atomic E-state index is 0.0783. The summed E-state index contributed by atoms with van der Waals surface area (Å²) < 4.78 is 43.4. The van der Waals surface area contributed by atoms with E-state index in [1.54, 1.807) is 26.4 Å². The predicted octanol–water partition coefficient (Wildman–Crippen LogP) is 5.50. The lowest BCUT2D eigenvalue weighted by Gasteiger charge is -2.27. The van der Waals surface area contributed by atoms with E-state index in [-0.39, 0.29) is 28.4 Å². The van der Waals surface area contributed by atoms with Crippen molar-refractivity contribution in [2.24, 2.45) is 0 Å². The van der Waals surface area contributed by atoms with Gasteiger partial charge in [0.05, 0.1) is 82.9 Å². The van der Waals surface area contributed by atoms with Crippen molar-refractivity contribution in [2.75, 3.05) is 110 Å². The molecule has 0 heterocycles. The molecule has 0 atom stereocenters. The first-order chi connectivity index (χ1) is 32.4. The second-order valence-corrected chi connectivity index (χ2v) is 15.1. The Bertz CT molecular complexity index is 2550. The fourth-order valence-corrected chi connectivity index (χ4v) is 7.36. The van der Waals surface area contributed by atoms with Crippen LogP contribution >= 0.6 is 0 Å². The van der Waals surface area contributed by atoms with Crippen molar-refractivity contribution >= 4 is 76.7 Å². The predicted molar refractivity (Wildman–Crippen MR) is 261 cm³/mol. The molecular formula is C50H54B2N4O10. The summed E-state index contributed by atoms with van der Waals surface area (Å²) in [4.78, 5) is 14.0. The van der Waals surface area contributed by atoms with Gasteiger partial charge in [0.2, 0.25) is 5.78 Å². The molecule has 0 aromatic heterocycles. The molecule has 2 aliphatic rings. The quantitative estimate of drug-likeness (QED) is 0.0193. The van der Waals surface area contributed by atoms with Gasteiger partial charge < -0.3 is 59.2 Å². The maximum atomic E-state index is 14.0. The first-order valence-corrected chi connectivity index (χ1v) is 21.8. The topological polar surface area (TPSA) is 185 Å². The Morgan fingerprint density at radius 1 is 0.591 bits per heavy atom. The normalized spacial score (nSPS) is 14.3. The minimum atomic E-state index is -0.387. The zero-order valence-electron chi connectivity index (χ0n) is 37.2. The number of aliphatic hydroxyl groups is 1. The van der Waals surface area contributed by atoms with Crippen molar-refractivity contribution < 1.29 is 47.8 Å². The monoisotopic (exact) mass is 892 g/mol. The van der Waals surface area contributed by atoms with Crippen LogP contribution in [0.5, 0.6) is 11.5 Å². The van der Waals surface area contributed by atoms with Crippen LogP contribution in [0, 0.1) is 5.41 Å². The van der Waals surface area contributed by atoms with Crippen molar-refractivity contribution in [1.82, 2.24) is 0 Å². The van der Waals surface area contributed by atoms with Crippen LogP contribution in [0.15, 0.2) is 120 Å². The largest absolute Gasteiger partial charge is 0.506 e. The van der Waals surface area contributed by atoms with Crippen LogP contribution in [0.2, 0.25) is 0 Å². The van der Waals surface area contributed by atoms with Crippen LogP contribution in [-0.4, -0.2) is 125 Å². The number of carbonyl (C=O) groups is 1. The van der Waals surface area contributed by atoms with E-state index < -0.39 is 0 Å². The van der Waals surface area contributed by atoms with Crippen LogP contribution < -0.4 is 36.6 Å². The number of ether oxygens (including phenoxy) is 8. The fourth-order valence-electron chi connectivity index (χ4n) is 7.36. The third kappa shape index (κ3) is 12.1. The molecule has 6 N–H and O–H groups in total. The third-order valence-corrected chi connectivity index (χ3v) is 10.7. The minimum Gasteiger partial charge on any atom is -0.506 e. The number of rotatable bonds is 27. The summed E-state index contributed by atoms with van der Waals surface area (Å²) >= 11 is 0. The summed E-state index contributed by atoms with van der Waals surface area (Å²) in [5.41, 5.74) is 12.8. The lowest BCUT2D eigenvalue weighted by molar-refractivity contribution is -0.111. The van der Waals surface area contributed by atoms with Gasteiger partial charge in [-0.25, -0.2) is 0 Å². The average Bonchev–Trinajstić information content (AvgIpc) is 3.34. The summed E-state index contributed by atoms with van der Waals surface area (Å²) in [6.45, 7) is 5.87. The van der Waals surface area contributed by atoms with E-state index in [9.17, 15) is 15.3 Å². The summed E-state index contributed by atoms with van der Waals surface area (Å²) in [6, 6.07) is 30.3. The molecule has 0 aliphatic heterocycles. The first-order valence-electron chi connectivity index (χ1n) is 21.8. The molecule has 0 amide bonds. The second kappa shape index (κ2) is 24.2. The van der Waals surface area contributed by atoms with Gasteiger partial charge in [0.15, 0.2) is 0 Å². The highest BCUT2D eigenvalue weighted by atomic mass is 16.6. The molecule has 2 aliphatic carbocycles. The standard InChI is InChI=1S/C50H54B2N4O10/c1-59-21-23-61-25-27-63-29-31-65-37-15-11-35(12-16-37)51-55-41-7-3-5-33-9-19-39(47(53)43(33)41)45-49(57)46(50(45)58)40-20-10-34-6-4-8-42(44(34)48(40)54)56-52-36-13-17-38(18-14-36)66-32-30-64-28-26-62-24-22-60-2/h3-20,53,55-57H,21-32,54H2,1-2H3/b45-39+,53-47?. The SMILES string of the molecule is COCCOCCOCCOc1ccc([B]Nc2cccc3c2C(=N)/C(=C2/C(=O)C(c4ccc5cccc(N[B]c6ccc(OCCOCCOCCOC)cc6)c5c4N)=C2O)C=C3)cc1. The summed E-state index contributed by atoms with van der Waals surface area (Å²) in [6.07, 6.45) is 3.56. The zero-order chi connectivity index (χ0) is 46.1. The molecule has 0 saturated carbocycles. The molecule has 14 nitrogen and oxygen atoms in total. The maximum absolute atomic E-state index is 14.0. The number of nitrogens with two attached hydrogens (primary N) is 1. The molecule has 0 spiro atoms. The van der Waals surface area contributed by atoms with Crippen molar-refractivity contribution in [3.63, 3.8) is 0 Å². The number of ketones is 1. The van der Waals surface area contributed by atoms with E-state index in [1.165, 1.54) is 0 Å². The molecule has 0 saturated heterocycles. The van der Waals surface area contributed by atoms with Crippen LogP contribution in [0.4, 0.5) is 17.1 Å². The van der Waals surface area contributed by atoms with Gasteiger partial charge in [-0.2, -0.15) is 0 Å². The summed E-state index contributed by atoms with van der Waals surface area (Å²) in [5, 5.41) is 29.1. The first kappa shape index (κ1) is 47.6. The molecule has 5 aromatic carbocycles. The Kier molecular flexibility index (Phi) is 17.5. The summed E-state index contributed by atoms with van der Waals surface area (Å²) in [5.74, 6) is 0.846. The van der Waals surface area contributed by atoms with E-state index in [1.807, 2.05) is 112 Å². The molecule has 5 aromatic rings. The highest BCUT2D eigenvalue weighted by Gasteiger charge is 2.39. The van der Waals surface area contributed by atoms with Gasteiger partial charge in [-0.15, -0.1) is 0 Å². The number of anilines is 3. The number of fused-ring (bicyclic) bond motifs is 2. The zero-order valence-corrected chi connectivity index (χ0v) is 37.2. The van der Waals surface area contributed by atoms with Crippen molar-refractivity contribution in [3.8, 4) is 11.5 Å². The molecule has 7 rings (SSSR count). The molecule has 16 heteroatoms. The number of carbonyl (C=O) groups excluding carboxylic acids is 1. The Hall–Kier alpha value is -6.39. The number of benzene rings is 5. The number of allylic oxidation sites excluding steroid dienone is 4. The van der Waals surface area contributed by atoms with Gasteiger partial charge in [-0.1, -0.05) is 83.7 Å². The highest BCUT2D eigenvalue weighted by molar-refractivity contribution is 6.58. The lowest BCUT2D eigenvalue weighted by atomic mass is 9.76. The van der Waals surface area contributed by atoms with Crippen molar-refractivity contribution in [2.45, 2.75) is 0 Å². The number of nitrogens with one attached hydrogen (secondary N) is 3. The molecule has 340 valence electrons. The maximum Gasteiger partial charge on any atom is 0.282 e. The van der Waals surface area contributed by atoms with Crippen LogP contribution in [0.1, 0.15) is 16.7 Å². The number of methoxy groups -OCH3 is 2. The van der Waals surface area contributed by atoms with E-state index in [2.05, 4.69) is 10.5 Å². The fraction of sp³-hybridized carbons (Fsp3) is 0.280. The Labute approximate surface area is 386 Å². The molecule has 0 bridgehead atoms. The van der Waals surface area contributed by atoms with E-state index in [0.29, 0.717) is 118 Å². The second-order valence-electron chi connectivity index (χ2n) is 15.1. The number of hydrogen-bond donors (Lipinski definition) is 5. The van der Waals surface area contributed by atoms with Gasteiger partial charge in [-0.05, 0) is 47.3 Å². The Morgan fingerprint density at radius 2 is 1.11 bits per heavy atom. The van der Waals surface area contributed by atoms with Gasteiger partial charge in [0.25, 0.3) is 14.8 Å². The number of Topliss-reactive ketones (excluding diaryl/α,β-unsaturated/α-hetero) is 1. The van der Waals surface area contributed by atoms with Gasteiger partial charge in [-0.3, -0.25) is 10.2 Å². The number of hydrogen-bond acceptors (Lipinski definition) is 14. The highest BCUT2D eigenvalue weighted by Crippen LogP contribution is 2.44. The Morgan fingerprint density at radius 3 is 1.67 bits per heavy atom.